The zero-order valence-corrected chi connectivity index (χ0v) is 11.4. The van der Waals surface area contributed by atoms with Gasteiger partial charge in [0.05, 0.1) is 5.54 Å². The van der Waals surface area contributed by atoms with Gasteiger partial charge in [0.25, 0.3) is 0 Å². The van der Waals surface area contributed by atoms with Crippen LogP contribution in [0.1, 0.15) is 20.8 Å². The summed E-state index contributed by atoms with van der Waals surface area (Å²) in [5, 5.41) is 0. The van der Waals surface area contributed by atoms with Gasteiger partial charge in [-0.2, -0.15) is 0 Å². The lowest BCUT2D eigenvalue weighted by Crippen LogP contribution is -2.47. The molecular formula is C11H20O3Si. The van der Waals surface area contributed by atoms with E-state index >= 15 is 0 Å². The molecule has 86 valence electrons. The number of hydrogen-bond acceptors (Lipinski definition) is 3. The lowest BCUT2D eigenvalue weighted by molar-refractivity contribution is 0.120. The van der Waals surface area contributed by atoms with Gasteiger partial charge in [-0.1, -0.05) is 17.2 Å². The molecule has 0 saturated heterocycles. The van der Waals surface area contributed by atoms with Gasteiger partial charge in [0.1, 0.15) is 0 Å². The highest BCUT2D eigenvalue weighted by molar-refractivity contribution is 6.63. The molecule has 0 bridgehead atoms. The highest BCUT2D eigenvalue weighted by atomic mass is 28.4. The smallest absolute Gasteiger partial charge is 0.376 e. The SMILES string of the molecule is CO[Si](OC)(OC)C1C=C(C)C(C)=C1C. The predicted molar refractivity (Wildman–Crippen MR) is 62.7 cm³/mol. The van der Waals surface area contributed by atoms with Crippen molar-refractivity contribution in [1.29, 1.82) is 0 Å². The number of allylic oxidation sites excluding steroid dienone is 4. The second-order valence-corrected chi connectivity index (χ2v) is 6.91. The Balaban J connectivity index is 3.09. The summed E-state index contributed by atoms with van der Waals surface area (Å²) >= 11 is 0. The molecule has 3 nitrogen and oxygen atoms in total. The maximum Gasteiger partial charge on any atom is 0.511 e. The lowest BCUT2D eigenvalue weighted by Gasteiger charge is -2.30. The molecule has 0 heterocycles. The molecule has 0 amide bonds. The van der Waals surface area contributed by atoms with Gasteiger partial charge in [0.15, 0.2) is 0 Å². The maximum absolute atomic E-state index is 5.50. The first-order chi connectivity index (χ1) is 7.02. The van der Waals surface area contributed by atoms with Crippen LogP contribution in [-0.2, 0) is 13.3 Å². The van der Waals surface area contributed by atoms with Crippen LogP contribution in [0.4, 0.5) is 0 Å². The Morgan fingerprint density at radius 1 is 1.00 bits per heavy atom. The van der Waals surface area contributed by atoms with Crippen molar-refractivity contribution in [2.75, 3.05) is 21.3 Å². The third-order valence-corrected chi connectivity index (χ3v) is 6.37. The fourth-order valence-corrected chi connectivity index (χ4v) is 4.51. The Kier molecular flexibility index (Phi) is 3.89. The van der Waals surface area contributed by atoms with Crippen LogP contribution in [0.2, 0.25) is 5.54 Å². The van der Waals surface area contributed by atoms with Gasteiger partial charge >= 0.3 is 8.80 Å². The summed E-state index contributed by atoms with van der Waals surface area (Å²) in [6.45, 7) is 6.35. The average molecular weight is 228 g/mol. The summed E-state index contributed by atoms with van der Waals surface area (Å²) in [6, 6.07) is 0. The van der Waals surface area contributed by atoms with Crippen LogP contribution >= 0.6 is 0 Å². The van der Waals surface area contributed by atoms with Crippen molar-refractivity contribution in [2.45, 2.75) is 26.3 Å². The molecule has 4 heteroatoms. The van der Waals surface area contributed by atoms with E-state index in [9.17, 15) is 0 Å². The molecule has 0 spiro atoms. The molecule has 0 saturated carbocycles. The monoisotopic (exact) mass is 228 g/mol. The standard InChI is InChI=1S/C11H20O3Si/c1-8-7-11(10(3)9(8)2)15(12-4,13-5)14-6/h7,11H,1-6H3. The fourth-order valence-electron chi connectivity index (χ4n) is 2.04. The summed E-state index contributed by atoms with van der Waals surface area (Å²) in [5.41, 5.74) is 4.07. The van der Waals surface area contributed by atoms with Crippen LogP contribution in [0.5, 0.6) is 0 Å². The van der Waals surface area contributed by atoms with Gasteiger partial charge in [0, 0.05) is 21.3 Å². The van der Waals surface area contributed by atoms with Gasteiger partial charge in [-0.15, -0.1) is 0 Å². The molecule has 1 unspecified atom stereocenters. The summed E-state index contributed by atoms with van der Waals surface area (Å²) in [7, 11) is 2.40. The molecule has 1 aliphatic rings. The van der Waals surface area contributed by atoms with E-state index in [1.807, 2.05) is 0 Å². The zero-order valence-electron chi connectivity index (χ0n) is 10.4. The first kappa shape index (κ1) is 12.6. The van der Waals surface area contributed by atoms with Crippen LogP contribution in [-0.4, -0.2) is 30.1 Å². The highest BCUT2D eigenvalue weighted by Gasteiger charge is 2.49. The number of rotatable bonds is 4. The molecule has 0 radical (unpaired) electrons. The quantitative estimate of drug-likeness (QED) is 0.692. The van der Waals surface area contributed by atoms with E-state index < -0.39 is 8.80 Å². The topological polar surface area (TPSA) is 27.7 Å². The van der Waals surface area contributed by atoms with E-state index in [1.54, 1.807) is 21.3 Å². The molecule has 1 atom stereocenters. The minimum Gasteiger partial charge on any atom is -0.376 e. The normalized spacial score (nSPS) is 22.3. The van der Waals surface area contributed by atoms with Crippen molar-refractivity contribution in [3.05, 3.63) is 22.8 Å². The molecular weight excluding hydrogens is 208 g/mol. The molecule has 0 aromatic heterocycles. The molecule has 0 fully saturated rings. The highest BCUT2D eigenvalue weighted by Crippen LogP contribution is 2.41. The Hall–Kier alpha value is -0.423. The van der Waals surface area contributed by atoms with Crippen LogP contribution in [0, 0.1) is 0 Å². The van der Waals surface area contributed by atoms with Gasteiger partial charge in [-0.25, -0.2) is 0 Å². The second-order valence-electron chi connectivity index (χ2n) is 3.85. The molecule has 0 N–H and O–H groups in total. The first-order valence-electron chi connectivity index (χ1n) is 5.04. The minimum atomic E-state index is -2.57. The third kappa shape index (κ3) is 1.95. The van der Waals surface area contributed by atoms with Crippen molar-refractivity contribution in [1.82, 2.24) is 0 Å². The summed E-state index contributed by atoms with van der Waals surface area (Å²) < 4.78 is 16.5. The molecule has 0 aromatic carbocycles. The second kappa shape index (κ2) is 4.61. The molecule has 1 aliphatic carbocycles. The van der Waals surface area contributed by atoms with Crippen LogP contribution in [0.3, 0.4) is 0 Å². The number of hydrogen-bond donors (Lipinski definition) is 0. The molecule has 0 aliphatic heterocycles. The summed E-state index contributed by atoms with van der Waals surface area (Å²) in [6.07, 6.45) is 2.19. The van der Waals surface area contributed by atoms with E-state index in [4.69, 9.17) is 13.3 Å². The summed E-state index contributed by atoms with van der Waals surface area (Å²) in [5.74, 6) is 0. The Morgan fingerprint density at radius 2 is 1.47 bits per heavy atom. The Morgan fingerprint density at radius 3 is 1.73 bits per heavy atom. The third-order valence-electron chi connectivity index (χ3n) is 3.30. The first-order valence-corrected chi connectivity index (χ1v) is 6.84. The van der Waals surface area contributed by atoms with Crippen LogP contribution in [0.15, 0.2) is 22.8 Å². The fraction of sp³-hybridized carbons (Fsp3) is 0.636. The van der Waals surface area contributed by atoms with Gasteiger partial charge in [0.2, 0.25) is 0 Å². The van der Waals surface area contributed by atoms with Crippen molar-refractivity contribution >= 4 is 8.80 Å². The molecule has 15 heavy (non-hydrogen) atoms. The molecule has 0 aromatic rings. The van der Waals surface area contributed by atoms with E-state index in [2.05, 4.69) is 26.8 Å². The van der Waals surface area contributed by atoms with Crippen molar-refractivity contribution < 1.29 is 13.3 Å². The lowest BCUT2D eigenvalue weighted by atomic mass is 10.1. The average Bonchev–Trinajstić information content (AvgIpc) is 2.51. The van der Waals surface area contributed by atoms with Crippen molar-refractivity contribution in [3.63, 3.8) is 0 Å². The van der Waals surface area contributed by atoms with Crippen LogP contribution < -0.4 is 0 Å². The van der Waals surface area contributed by atoms with E-state index in [0.29, 0.717) is 0 Å². The maximum atomic E-state index is 5.50. The van der Waals surface area contributed by atoms with Gasteiger partial charge in [-0.3, -0.25) is 0 Å². The van der Waals surface area contributed by atoms with Crippen molar-refractivity contribution in [2.24, 2.45) is 0 Å². The predicted octanol–water partition coefficient (Wildman–Crippen LogP) is 2.53. The Bertz CT molecular complexity index is 295. The van der Waals surface area contributed by atoms with E-state index in [1.165, 1.54) is 16.7 Å². The summed E-state index contributed by atoms with van der Waals surface area (Å²) in [4.78, 5) is 0. The minimum absolute atomic E-state index is 0.164. The van der Waals surface area contributed by atoms with Crippen LogP contribution in [0.25, 0.3) is 0 Å². The Labute approximate surface area is 93.1 Å². The molecule has 1 rings (SSSR count). The van der Waals surface area contributed by atoms with E-state index in [-0.39, 0.29) is 5.54 Å². The van der Waals surface area contributed by atoms with Gasteiger partial charge in [-0.05, 0) is 26.3 Å². The zero-order chi connectivity index (χ0) is 11.6. The largest absolute Gasteiger partial charge is 0.511 e. The van der Waals surface area contributed by atoms with Gasteiger partial charge < -0.3 is 13.3 Å². The van der Waals surface area contributed by atoms with E-state index in [0.717, 1.165) is 0 Å². The van der Waals surface area contributed by atoms with Crippen molar-refractivity contribution in [3.8, 4) is 0 Å².